The van der Waals surface area contributed by atoms with E-state index in [-0.39, 0.29) is 24.2 Å². The molecule has 1 atom stereocenters. The normalized spacial score (nSPS) is 19.5. The summed E-state index contributed by atoms with van der Waals surface area (Å²) in [6.07, 6.45) is -4.83. The van der Waals surface area contributed by atoms with Gasteiger partial charge in [0.2, 0.25) is 0 Å². The van der Waals surface area contributed by atoms with Gasteiger partial charge in [0.1, 0.15) is 5.75 Å². The van der Waals surface area contributed by atoms with Gasteiger partial charge in [-0.2, -0.15) is 0 Å². The SMILES string of the molecule is CN1CC(F)([C@@](O)(c2ccc(OC(F)(F)F)cc2)c2cccc(Cl)c2)C1. The summed E-state index contributed by atoms with van der Waals surface area (Å²) < 4.78 is 56.4. The molecule has 0 amide bonds. The quantitative estimate of drug-likeness (QED) is 0.798. The first-order valence-corrected chi connectivity index (χ1v) is 8.13. The van der Waals surface area contributed by atoms with Gasteiger partial charge in [0.15, 0.2) is 11.3 Å². The van der Waals surface area contributed by atoms with Crippen LogP contribution in [-0.4, -0.2) is 42.2 Å². The molecule has 1 aliphatic heterocycles. The molecule has 1 fully saturated rings. The number of hydrogen-bond donors (Lipinski definition) is 1. The Morgan fingerprint density at radius 1 is 1.08 bits per heavy atom. The zero-order valence-corrected chi connectivity index (χ0v) is 14.5. The Labute approximate surface area is 152 Å². The lowest BCUT2D eigenvalue weighted by Crippen LogP contribution is -2.68. The predicted octanol–water partition coefficient (Wildman–Crippen LogP) is 4.13. The van der Waals surface area contributed by atoms with Crippen molar-refractivity contribution < 1.29 is 27.4 Å². The molecule has 1 N–H and O–H groups in total. The minimum Gasteiger partial charge on any atom is -0.406 e. The number of likely N-dealkylation sites (tertiary alicyclic amines) is 1. The fraction of sp³-hybridized carbons (Fsp3) is 0.333. The van der Waals surface area contributed by atoms with Crippen molar-refractivity contribution >= 4 is 11.6 Å². The van der Waals surface area contributed by atoms with Gasteiger partial charge in [0, 0.05) is 18.1 Å². The molecule has 3 rings (SSSR count). The van der Waals surface area contributed by atoms with Crippen molar-refractivity contribution in [2.75, 3.05) is 20.1 Å². The molecule has 0 bridgehead atoms. The first kappa shape index (κ1) is 18.9. The van der Waals surface area contributed by atoms with Crippen molar-refractivity contribution in [3.63, 3.8) is 0 Å². The summed E-state index contributed by atoms with van der Waals surface area (Å²) in [4.78, 5) is 1.69. The topological polar surface area (TPSA) is 32.7 Å². The van der Waals surface area contributed by atoms with Crippen LogP contribution in [0.1, 0.15) is 11.1 Å². The lowest BCUT2D eigenvalue weighted by Gasteiger charge is -2.52. The molecular weight excluding hydrogens is 374 g/mol. The Morgan fingerprint density at radius 3 is 2.19 bits per heavy atom. The third-order valence-corrected chi connectivity index (χ3v) is 4.67. The van der Waals surface area contributed by atoms with Crippen LogP contribution in [-0.2, 0) is 5.60 Å². The Balaban J connectivity index is 2.04. The molecule has 0 aromatic heterocycles. The van der Waals surface area contributed by atoms with Gasteiger partial charge in [-0.15, -0.1) is 13.2 Å². The lowest BCUT2D eigenvalue weighted by molar-refractivity contribution is -0.274. The molecule has 140 valence electrons. The third kappa shape index (κ3) is 3.39. The molecule has 26 heavy (non-hydrogen) atoms. The summed E-state index contributed by atoms with van der Waals surface area (Å²) in [5.74, 6) is -0.451. The van der Waals surface area contributed by atoms with E-state index in [0.29, 0.717) is 5.02 Å². The van der Waals surface area contributed by atoms with Crippen LogP contribution in [0.25, 0.3) is 0 Å². The summed E-state index contributed by atoms with van der Waals surface area (Å²) in [6.45, 7) is -0.0619. The van der Waals surface area contributed by atoms with Crippen LogP contribution in [0.5, 0.6) is 5.75 Å². The molecule has 1 heterocycles. The summed E-state index contributed by atoms with van der Waals surface area (Å²) in [6, 6.07) is 10.7. The molecule has 0 aliphatic carbocycles. The van der Waals surface area contributed by atoms with Crippen molar-refractivity contribution in [2.24, 2.45) is 0 Å². The second-order valence-electron chi connectivity index (χ2n) is 6.43. The Hall–Kier alpha value is -1.83. The van der Waals surface area contributed by atoms with Crippen LogP contribution in [0.4, 0.5) is 17.6 Å². The number of aliphatic hydroxyl groups is 1. The number of alkyl halides is 4. The van der Waals surface area contributed by atoms with Crippen LogP contribution in [0.3, 0.4) is 0 Å². The molecule has 0 saturated carbocycles. The Kier molecular flexibility index (Phi) is 4.67. The molecule has 8 heteroatoms. The van der Waals surface area contributed by atoms with Crippen LogP contribution < -0.4 is 4.74 Å². The fourth-order valence-electron chi connectivity index (χ4n) is 3.33. The zero-order chi connectivity index (χ0) is 19.2. The first-order valence-electron chi connectivity index (χ1n) is 7.76. The second kappa shape index (κ2) is 6.40. The van der Waals surface area contributed by atoms with Gasteiger partial charge < -0.3 is 9.84 Å². The summed E-state index contributed by atoms with van der Waals surface area (Å²) >= 11 is 5.99. The minimum absolute atomic E-state index is 0.0309. The van der Waals surface area contributed by atoms with E-state index in [1.165, 1.54) is 24.3 Å². The minimum atomic E-state index is -4.83. The highest BCUT2D eigenvalue weighted by Crippen LogP contribution is 2.47. The summed E-state index contributed by atoms with van der Waals surface area (Å²) in [5, 5.41) is 11.7. The molecule has 2 aromatic carbocycles. The van der Waals surface area contributed by atoms with Crippen molar-refractivity contribution in [2.45, 2.75) is 17.6 Å². The van der Waals surface area contributed by atoms with Gasteiger partial charge in [0.25, 0.3) is 0 Å². The van der Waals surface area contributed by atoms with Crippen molar-refractivity contribution in [3.8, 4) is 5.75 Å². The molecule has 1 aliphatic rings. The molecule has 2 aromatic rings. The van der Waals surface area contributed by atoms with Crippen molar-refractivity contribution in [3.05, 3.63) is 64.7 Å². The molecule has 3 nitrogen and oxygen atoms in total. The number of halogens is 5. The monoisotopic (exact) mass is 389 g/mol. The number of benzene rings is 2. The van der Waals surface area contributed by atoms with Gasteiger partial charge in [-0.25, -0.2) is 4.39 Å². The van der Waals surface area contributed by atoms with Crippen molar-refractivity contribution in [1.29, 1.82) is 0 Å². The highest BCUT2D eigenvalue weighted by Gasteiger charge is 2.59. The highest BCUT2D eigenvalue weighted by molar-refractivity contribution is 6.30. The molecular formula is C18H16ClF4NO2. The largest absolute Gasteiger partial charge is 0.573 e. The summed E-state index contributed by atoms with van der Waals surface area (Å²) in [7, 11) is 1.70. The van der Waals surface area contributed by atoms with Crippen molar-refractivity contribution in [1.82, 2.24) is 4.90 Å². The number of hydrogen-bond acceptors (Lipinski definition) is 3. The van der Waals surface area contributed by atoms with Gasteiger partial charge in [0.05, 0.1) is 0 Å². The standard InChI is InChI=1S/C18H16ClF4NO2/c1-24-10-16(20,11-24)17(25,13-3-2-4-14(19)9-13)12-5-7-15(8-6-12)26-18(21,22)23/h2-9,25H,10-11H2,1H3/t17-/m1/s1. The number of ether oxygens (including phenoxy) is 1. The first-order chi connectivity index (χ1) is 12.0. The smallest absolute Gasteiger partial charge is 0.406 e. The van der Waals surface area contributed by atoms with Crippen LogP contribution in [0.15, 0.2) is 48.5 Å². The zero-order valence-electron chi connectivity index (χ0n) is 13.7. The average molecular weight is 390 g/mol. The number of nitrogens with zero attached hydrogens (tertiary/aromatic N) is 1. The van der Waals surface area contributed by atoms with E-state index in [1.807, 2.05) is 0 Å². The van der Waals surface area contributed by atoms with Gasteiger partial charge >= 0.3 is 6.36 Å². The Morgan fingerprint density at radius 2 is 1.69 bits per heavy atom. The maximum Gasteiger partial charge on any atom is 0.573 e. The maximum atomic E-state index is 15.5. The Bertz CT molecular complexity index is 791. The van der Waals surface area contributed by atoms with Gasteiger partial charge in [-0.05, 0) is 42.4 Å². The number of rotatable bonds is 4. The molecule has 1 saturated heterocycles. The maximum absolute atomic E-state index is 15.5. The van der Waals surface area contributed by atoms with E-state index >= 15 is 4.39 Å². The fourth-order valence-corrected chi connectivity index (χ4v) is 3.52. The van der Waals surface area contributed by atoms with Gasteiger partial charge in [-0.3, -0.25) is 4.90 Å². The van der Waals surface area contributed by atoms with Crippen LogP contribution in [0.2, 0.25) is 5.02 Å². The second-order valence-corrected chi connectivity index (χ2v) is 6.87. The molecule has 0 unspecified atom stereocenters. The average Bonchev–Trinajstić information content (AvgIpc) is 2.52. The van der Waals surface area contributed by atoms with Gasteiger partial charge in [-0.1, -0.05) is 35.9 Å². The molecule has 0 radical (unpaired) electrons. The van der Waals surface area contributed by atoms with E-state index in [2.05, 4.69) is 4.74 Å². The van der Waals surface area contributed by atoms with E-state index in [4.69, 9.17) is 11.6 Å². The molecule has 0 spiro atoms. The summed E-state index contributed by atoms with van der Waals surface area (Å²) in [5.41, 5.74) is -3.74. The lowest BCUT2D eigenvalue weighted by atomic mass is 9.70. The van der Waals surface area contributed by atoms with Crippen LogP contribution in [0, 0.1) is 0 Å². The highest BCUT2D eigenvalue weighted by atomic mass is 35.5. The van der Waals surface area contributed by atoms with Crippen LogP contribution >= 0.6 is 11.6 Å². The van der Waals surface area contributed by atoms with E-state index in [1.54, 1.807) is 24.1 Å². The van der Waals surface area contributed by atoms with E-state index < -0.39 is 23.4 Å². The van der Waals surface area contributed by atoms with E-state index in [9.17, 15) is 18.3 Å². The third-order valence-electron chi connectivity index (χ3n) is 4.44. The van der Waals surface area contributed by atoms with E-state index in [0.717, 1.165) is 12.1 Å². The predicted molar refractivity (Wildman–Crippen MR) is 88.9 cm³/mol.